The molecule has 0 unspecified atom stereocenters. The number of rotatable bonds is 9. The minimum atomic E-state index is 0.00514. The first-order chi connectivity index (χ1) is 20.1. The van der Waals surface area contributed by atoms with Crippen LogP contribution in [0.15, 0.2) is 108 Å². The molecule has 0 aliphatic heterocycles. The Morgan fingerprint density at radius 1 is 0.927 bits per heavy atom. The lowest BCUT2D eigenvalue weighted by molar-refractivity contribution is 0.112. The molecule has 0 radical (unpaired) electrons. The number of nitrogen functional groups attached to an aromatic ring is 1. The predicted octanol–water partition coefficient (Wildman–Crippen LogP) is 6.09. The number of hydrogen-bond acceptors (Lipinski definition) is 8. The van der Waals surface area contributed by atoms with Crippen LogP contribution in [-0.2, 0) is 6.42 Å². The van der Waals surface area contributed by atoms with Crippen molar-refractivity contribution in [3.8, 4) is 34.1 Å². The molecular weight excluding hydrogens is 532 g/mol. The molecule has 0 aliphatic rings. The lowest BCUT2D eigenvalue weighted by atomic mass is 10.1. The summed E-state index contributed by atoms with van der Waals surface area (Å²) in [5.74, 6) is 1.08. The van der Waals surface area contributed by atoms with E-state index in [0.29, 0.717) is 36.5 Å². The number of phenols is 1. The predicted molar refractivity (Wildman–Crippen MR) is 163 cm³/mol. The van der Waals surface area contributed by atoms with Crippen molar-refractivity contribution in [2.24, 2.45) is 0 Å². The lowest BCUT2D eigenvalue weighted by Crippen LogP contribution is -2.08. The molecule has 0 saturated heterocycles. The standard InChI is InChI=1S/C32H26N6O2S/c33-30-26(7-4-17-34-30)31-37-28-15-14-27(22-5-2-1-3-6-22)36-32(28)38(31)24-10-12-25(13-11-24)41-35-18-16-21-8-9-23(20-39)29(40)19-21/h1-15,17,19-20,35,40H,16,18H2,(H2,33,34). The van der Waals surface area contributed by atoms with E-state index < -0.39 is 0 Å². The van der Waals surface area contributed by atoms with Gasteiger partial charge < -0.3 is 10.8 Å². The van der Waals surface area contributed by atoms with Gasteiger partial charge in [-0.15, -0.1) is 0 Å². The molecule has 3 aromatic heterocycles. The Labute approximate surface area is 241 Å². The summed E-state index contributed by atoms with van der Waals surface area (Å²) in [5, 5.41) is 9.90. The molecule has 0 amide bonds. The third-order valence-corrected chi connectivity index (χ3v) is 7.53. The van der Waals surface area contributed by atoms with Gasteiger partial charge in [0.15, 0.2) is 17.8 Å². The second-order valence-electron chi connectivity index (χ2n) is 9.36. The Bertz CT molecular complexity index is 1840. The molecule has 3 heterocycles. The number of aldehydes is 1. The van der Waals surface area contributed by atoms with Crippen LogP contribution in [0.4, 0.5) is 5.82 Å². The van der Waals surface area contributed by atoms with Gasteiger partial charge in [0.05, 0.1) is 16.8 Å². The van der Waals surface area contributed by atoms with E-state index >= 15 is 0 Å². The molecule has 202 valence electrons. The van der Waals surface area contributed by atoms with E-state index in [2.05, 4.69) is 9.71 Å². The SMILES string of the molecule is Nc1ncccc1-c1nc2ccc(-c3ccccc3)nc2n1-c1ccc(SNCCc2ccc(C=O)c(O)c2)cc1. The molecule has 0 fully saturated rings. The molecule has 4 N–H and O–H groups in total. The maximum atomic E-state index is 10.9. The maximum Gasteiger partial charge on any atom is 0.165 e. The number of imidazole rings is 1. The fourth-order valence-electron chi connectivity index (χ4n) is 4.60. The number of benzene rings is 3. The minimum absolute atomic E-state index is 0.00514. The van der Waals surface area contributed by atoms with Crippen LogP contribution < -0.4 is 10.5 Å². The van der Waals surface area contributed by atoms with Gasteiger partial charge in [-0.3, -0.25) is 14.1 Å². The first-order valence-corrected chi connectivity index (χ1v) is 13.9. The molecule has 0 saturated carbocycles. The number of carbonyl (C=O) groups is 1. The van der Waals surface area contributed by atoms with Gasteiger partial charge in [-0.05, 0) is 84.6 Å². The fourth-order valence-corrected chi connectivity index (χ4v) is 5.24. The molecule has 6 aromatic rings. The van der Waals surface area contributed by atoms with E-state index in [9.17, 15) is 9.90 Å². The number of aromatic nitrogens is 4. The Balaban J connectivity index is 1.27. The highest BCUT2D eigenvalue weighted by Crippen LogP contribution is 2.32. The third kappa shape index (κ3) is 5.54. The van der Waals surface area contributed by atoms with Crippen molar-refractivity contribution in [1.29, 1.82) is 0 Å². The van der Waals surface area contributed by atoms with Crippen molar-refractivity contribution in [3.63, 3.8) is 0 Å². The summed E-state index contributed by atoms with van der Waals surface area (Å²) in [6.45, 7) is 0.690. The van der Waals surface area contributed by atoms with E-state index in [1.807, 2.05) is 89.5 Å². The molecular formula is C32H26N6O2S. The van der Waals surface area contributed by atoms with Crippen LogP contribution in [0, 0.1) is 0 Å². The summed E-state index contributed by atoms with van der Waals surface area (Å²) >= 11 is 1.52. The van der Waals surface area contributed by atoms with Crippen molar-refractivity contribution in [1.82, 2.24) is 24.2 Å². The van der Waals surface area contributed by atoms with Gasteiger partial charge in [-0.1, -0.05) is 36.4 Å². The Morgan fingerprint density at radius 3 is 2.51 bits per heavy atom. The number of aromatic hydroxyl groups is 1. The smallest absolute Gasteiger partial charge is 0.165 e. The zero-order valence-electron chi connectivity index (χ0n) is 21.9. The fraction of sp³-hybridized carbons (Fsp3) is 0.0625. The van der Waals surface area contributed by atoms with Gasteiger partial charge in [-0.2, -0.15) is 0 Å². The molecule has 0 spiro atoms. The largest absolute Gasteiger partial charge is 0.507 e. The summed E-state index contributed by atoms with van der Waals surface area (Å²) in [6.07, 6.45) is 3.03. The molecule has 0 bridgehead atoms. The Kier molecular flexibility index (Phi) is 7.44. The Hall–Kier alpha value is -4.99. The van der Waals surface area contributed by atoms with Gasteiger partial charge >= 0.3 is 0 Å². The third-order valence-electron chi connectivity index (χ3n) is 6.68. The summed E-state index contributed by atoms with van der Waals surface area (Å²) in [7, 11) is 0. The van der Waals surface area contributed by atoms with E-state index in [4.69, 9.17) is 15.7 Å². The van der Waals surface area contributed by atoms with Crippen LogP contribution >= 0.6 is 11.9 Å². The molecule has 6 rings (SSSR count). The van der Waals surface area contributed by atoms with Crippen LogP contribution in [0.2, 0.25) is 0 Å². The quantitative estimate of drug-likeness (QED) is 0.111. The van der Waals surface area contributed by atoms with Crippen LogP contribution in [0.25, 0.3) is 39.5 Å². The first-order valence-electron chi connectivity index (χ1n) is 13.0. The van der Waals surface area contributed by atoms with Crippen LogP contribution in [0.3, 0.4) is 0 Å². The molecule has 41 heavy (non-hydrogen) atoms. The number of pyridine rings is 2. The van der Waals surface area contributed by atoms with Gasteiger partial charge in [0.1, 0.15) is 17.1 Å². The molecule has 3 aromatic carbocycles. The van der Waals surface area contributed by atoms with E-state index in [-0.39, 0.29) is 5.75 Å². The van der Waals surface area contributed by atoms with Gasteiger partial charge in [0.2, 0.25) is 0 Å². The van der Waals surface area contributed by atoms with Crippen LogP contribution in [-0.4, -0.2) is 37.5 Å². The van der Waals surface area contributed by atoms with Gasteiger partial charge in [-0.25, -0.2) is 15.0 Å². The number of hydrogen-bond donors (Lipinski definition) is 3. The number of carbonyl (C=O) groups excluding carboxylic acids is 1. The number of nitrogens with one attached hydrogen (secondary N) is 1. The number of fused-ring (bicyclic) bond motifs is 1. The van der Waals surface area contributed by atoms with E-state index in [1.54, 1.807) is 18.3 Å². The van der Waals surface area contributed by atoms with Crippen molar-refractivity contribution in [2.75, 3.05) is 12.3 Å². The Morgan fingerprint density at radius 2 is 1.76 bits per heavy atom. The molecule has 9 heteroatoms. The van der Waals surface area contributed by atoms with Gasteiger partial charge in [0, 0.05) is 28.9 Å². The number of nitrogens with zero attached hydrogens (tertiary/aromatic N) is 4. The molecule has 8 nitrogen and oxygen atoms in total. The zero-order chi connectivity index (χ0) is 28.2. The second kappa shape index (κ2) is 11.6. The molecule has 0 atom stereocenters. The van der Waals surface area contributed by atoms with Crippen molar-refractivity contribution >= 4 is 35.2 Å². The highest BCUT2D eigenvalue weighted by molar-refractivity contribution is 7.97. The lowest BCUT2D eigenvalue weighted by Gasteiger charge is -2.12. The summed E-state index contributed by atoms with van der Waals surface area (Å²) in [5.41, 5.74) is 12.5. The summed E-state index contributed by atoms with van der Waals surface area (Å²) in [4.78, 5) is 26.1. The van der Waals surface area contributed by atoms with E-state index in [1.165, 1.54) is 11.9 Å². The zero-order valence-corrected chi connectivity index (χ0v) is 22.8. The van der Waals surface area contributed by atoms with Crippen molar-refractivity contribution in [3.05, 3.63) is 114 Å². The van der Waals surface area contributed by atoms with Crippen LogP contribution in [0.5, 0.6) is 5.75 Å². The van der Waals surface area contributed by atoms with Gasteiger partial charge in [0.25, 0.3) is 0 Å². The monoisotopic (exact) mass is 558 g/mol. The average molecular weight is 559 g/mol. The summed E-state index contributed by atoms with van der Waals surface area (Å²) in [6, 6.07) is 31.1. The maximum absolute atomic E-state index is 10.9. The second-order valence-corrected chi connectivity index (χ2v) is 10.3. The highest BCUT2D eigenvalue weighted by atomic mass is 32.2. The summed E-state index contributed by atoms with van der Waals surface area (Å²) < 4.78 is 5.38. The minimum Gasteiger partial charge on any atom is -0.507 e. The van der Waals surface area contributed by atoms with Crippen LogP contribution in [0.1, 0.15) is 15.9 Å². The number of nitrogens with two attached hydrogens (primary N) is 1. The number of anilines is 1. The normalized spacial score (nSPS) is 11.1. The highest BCUT2D eigenvalue weighted by Gasteiger charge is 2.18. The molecule has 0 aliphatic carbocycles. The van der Waals surface area contributed by atoms with Crippen molar-refractivity contribution < 1.29 is 9.90 Å². The van der Waals surface area contributed by atoms with Crippen molar-refractivity contribution in [2.45, 2.75) is 11.3 Å². The number of phenolic OH excluding ortho intramolecular Hbond substituents is 1. The topological polar surface area (TPSA) is 119 Å². The first kappa shape index (κ1) is 26.2. The average Bonchev–Trinajstić information content (AvgIpc) is 3.39. The van der Waals surface area contributed by atoms with E-state index in [0.717, 1.165) is 44.1 Å².